The minimum Gasteiger partial charge on any atom is -0.428 e. The molecule has 3 rings (SSSR count). The van der Waals surface area contributed by atoms with E-state index in [1.165, 1.54) is 47.9 Å². The summed E-state index contributed by atoms with van der Waals surface area (Å²) >= 11 is 1.26. The molecule has 0 unspecified atom stereocenters. The van der Waals surface area contributed by atoms with Crippen molar-refractivity contribution in [2.45, 2.75) is 6.92 Å². The first-order chi connectivity index (χ1) is 12.5. The van der Waals surface area contributed by atoms with Gasteiger partial charge in [-0.3, -0.25) is 9.78 Å². The maximum absolute atomic E-state index is 14.1. The maximum atomic E-state index is 14.1. The Labute approximate surface area is 152 Å². The zero-order chi connectivity index (χ0) is 18.5. The molecule has 5 nitrogen and oxygen atoms in total. The van der Waals surface area contributed by atoms with Gasteiger partial charge in [0.15, 0.2) is 11.6 Å². The molecule has 0 aliphatic rings. The lowest BCUT2D eigenvalue weighted by Gasteiger charge is -2.06. The van der Waals surface area contributed by atoms with Gasteiger partial charge in [-0.05, 0) is 36.8 Å². The molecule has 0 aliphatic heterocycles. The minimum atomic E-state index is -0.631. The van der Waals surface area contributed by atoms with Gasteiger partial charge in [0.25, 0.3) is 5.19 Å². The Kier molecular flexibility index (Phi) is 5.33. The number of hydrogen-bond acceptors (Lipinski definition) is 5. The van der Waals surface area contributed by atoms with Crippen molar-refractivity contribution in [3.63, 3.8) is 0 Å². The number of rotatable bonds is 5. The first kappa shape index (κ1) is 17.7. The van der Waals surface area contributed by atoms with E-state index in [0.29, 0.717) is 10.8 Å². The van der Waals surface area contributed by atoms with E-state index in [1.807, 2.05) is 6.92 Å². The van der Waals surface area contributed by atoms with Gasteiger partial charge in [0, 0.05) is 29.4 Å². The van der Waals surface area contributed by atoms with Crippen LogP contribution in [0.2, 0.25) is 0 Å². The van der Waals surface area contributed by atoms with Gasteiger partial charge < -0.3 is 10.1 Å². The molecule has 0 saturated heterocycles. The quantitative estimate of drug-likeness (QED) is 0.666. The first-order valence-corrected chi connectivity index (χ1v) is 8.37. The van der Waals surface area contributed by atoms with E-state index in [2.05, 4.69) is 15.3 Å². The molecule has 0 radical (unpaired) electrons. The summed E-state index contributed by atoms with van der Waals surface area (Å²) < 4.78 is 32.5. The smallest absolute Gasteiger partial charge is 0.278 e. The van der Waals surface area contributed by atoms with Crippen LogP contribution < -0.4 is 10.1 Å². The molecule has 132 valence electrons. The van der Waals surface area contributed by atoms with E-state index in [-0.39, 0.29) is 11.4 Å². The number of carbonyl (C=O) groups is 1. The number of benzene rings is 1. The number of aromatic nitrogens is 2. The average Bonchev–Trinajstić information content (AvgIpc) is 3.01. The van der Waals surface area contributed by atoms with Crippen molar-refractivity contribution < 1.29 is 18.3 Å². The van der Waals surface area contributed by atoms with E-state index >= 15 is 0 Å². The molecule has 8 heteroatoms. The highest BCUT2D eigenvalue weighted by atomic mass is 32.1. The molecule has 26 heavy (non-hydrogen) atoms. The van der Waals surface area contributed by atoms with Crippen LogP contribution in [-0.4, -0.2) is 15.9 Å². The molecular formula is C18H13F2N3O2S. The number of thiazole rings is 1. The van der Waals surface area contributed by atoms with Crippen LogP contribution in [0, 0.1) is 18.6 Å². The largest absolute Gasteiger partial charge is 0.428 e. The van der Waals surface area contributed by atoms with Crippen LogP contribution in [0.1, 0.15) is 11.3 Å². The van der Waals surface area contributed by atoms with Crippen LogP contribution in [0.15, 0.2) is 48.1 Å². The number of aryl methyl sites for hydroxylation is 1. The van der Waals surface area contributed by atoms with Crippen LogP contribution >= 0.6 is 11.3 Å². The lowest BCUT2D eigenvalue weighted by Crippen LogP contribution is -2.08. The maximum Gasteiger partial charge on any atom is 0.278 e. The fourth-order valence-corrected chi connectivity index (χ4v) is 2.67. The molecule has 0 spiro atoms. The van der Waals surface area contributed by atoms with Crippen molar-refractivity contribution in [1.29, 1.82) is 0 Å². The zero-order valence-corrected chi connectivity index (χ0v) is 14.4. The third kappa shape index (κ3) is 4.70. The van der Waals surface area contributed by atoms with Gasteiger partial charge in [-0.2, -0.15) is 0 Å². The van der Waals surface area contributed by atoms with Crippen LogP contribution in [0.25, 0.3) is 6.08 Å². The molecule has 2 aromatic heterocycles. The van der Waals surface area contributed by atoms with E-state index in [9.17, 15) is 13.6 Å². The molecule has 1 amide bonds. The Morgan fingerprint density at radius 2 is 2.12 bits per heavy atom. The monoisotopic (exact) mass is 373 g/mol. The Balaban J connectivity index is 1.64. The fourth-order valence-electron chi connectivity index (χ4n) is 2.01. The lowest BCUT2D eigenvalue weighted by atomic mass is 10.2. The number of hydrogen-bond donors (Lipinski definition) is 1. The second kappa shape index (κ2) is 7.83. The van der Waals surface area contributed by atoms with Crippen LogP contribution in [0.5, 0.6) is 10.9 Å². The lowest BCUT2D eigenvalue weighted by molar-refractivity contribution is -0.111. The van der Waals surface area contributed by atoms with E-state index in [1.54, 1.807) is 5.38 Å². The standard InChI is InChI=1S/C18H13F2N3O2S/c1-11-10-26-18(22-11)25-16-4-3-14(7-15(16)20)23-17(24)5-2-12-6-13(19)9-21-8-12/h2-10H,1H3,(H,23,24)/b5-2+. The topological polar surface area (TPSA) is 64.1 Å². The molecule has 0 atom stereocenters. The zero-order valence-electron chi connectivity index (χ0n) is 13.6. The molecule has 1 aromatic carbocycles. The van der Waals surface area contributed by atoms with Gasteiger partial charge in [-0.1, -0.05) is 11.3 Å². The molecular weight excluding hydrogens is 360 g/mol. The number of ether oxygens (including phenoxy) is 1. The molecule has 3 aromatic rings. The highest BCUT2D eigenvalue weighted by Crippen LogP contribution is 2.28. The molecule has 0 fully saturated rings. The summed E-state index contributed by atoms with van der Waals surface area (Å²) in [6, 6.07) is 5.30. The number of anilines is 1. The SMILES string of the molecule is Cc1csc(Oc2ccc(NC(=O)/C=C/c3cncc(F)c3)cc2F)n1. The summed E-state index contributed by atoms with van der Waals surface area (Å²) in [5.41, 5.74) is 1.49. The molecule has 0 bridgehead atoms. The highest BCUT2D eigenvalue weighted by molar-refractivity contribution is 7.11. The summed E-state index contributed by atoms with van der Waals surface area (Å²) in [4.78, 5) is 19.7. The van der Waals surface area contributed by atoms with Crippen LogP contribution in [-0.2, 0) is 4.79 Å². The van der Waals surface area contributed by atoms with E-state index in [4.69, 9.17) is 4.74 Å². The summed E-state index contributed by atoms with van der Waals surface area (Å²) in [7, 11) is 0. The summed E-state index contributed by atoms with van der Waals surface area (Å²) in [5.74, 6) is -1.61. The number of pyridine rings is 1. The van der Waals surface area contributed by atoms with Crippen molar-refractivity contribution in [1.82, 2.24) is 9.97 Å². The summed E-state index contributed by atoms with van der Waals surface area (Å²) in [5, 5.41) is 4.65. The minimum absolute atomic E-state index is 0.0127. The van der Waals surface area contributed by atoms with Gasteiger partial charge in [-0.25, -0.2) is 13.8 Å². The molecule has 1 N–H and O–H groups in total. The van der Waals surface area contributed by atoms with Gasteiger partial charge in [0.2, 0.25) is 5.91 Å². The fraction of sp³-hybridized carbons (Fsp3) is 0.0556. The van der Waals surface area contributed by atoms with Crippen molar-refractivity contribution in [3.8, 4) is 10.9 Å². The van der Waals surface area contributed by atoms with Crippen molar-refractivity contribution in [2.75, 3.05) is 5.32 Å². The first-order valence-electron chi connectivity index (χ1n) is 7.49. The Hall–Kier alpha value is -3.13. The predicted octanol–water partition coefficient (Wildman–Crippen LogP) is 4.57. The number of nitrogens with one attached hydrogen (secondary N) is 1. The van der Waals surface area contributed by atoms with Gasteiger partial charge >= 0.3 is 0 Å². The molecule has 2 heterocycles. The number of nitrogens with zero attached hydrogens (tertiary/aromatic N) is 2. The Morgan fingerprint density at radius 3 is 2.81 bits per heavy atom. The van der Waals surface area contributed by atoms with Crippen molar-refractivity contribution >= 4 is 29.0 Å². The number of carbonyl (C=O) groups excluding carboxylic acids is 1. The van der Waals surface area contributed by atoms with Crippen LogP contribution in [0.3, 0.4) is 0 Å². The second-order valence-corrected chi connectivity index (χ2v) is 6.08. The average molecular weight is 373 g/mol. The van der Waals surface area contributed by atoms with Gasteiger partial charge in [0.1, 0.15) is 5.82 Å². The van der Waals surface area contributed by atoms with Gasteiger partial charge in [0.05, 0.1) is 11.9 Å². The third-order valence-electron chi connectivity index (χ3n) is 3.15. The van der Waals surface area contributed by atoms with Crippen molar-refractivity contribution in [2.24, 2.45) is 0 Å². The molecule has 0 aliphatic carbocycles. The Morgan fingerprint density at radius 1 is 1.27 bits per heavy atom. The Bertz CT molecular complexity index is 973. The summed E-state index contributed by atoms with van der Waals surface area (Å²) in [6.07, 6.45) is 5.09. The van der Waals surface area contributed by atoms with E-state index < -0.39 is 17.5 Å². The number of halogens is 2. The number of amides is 1. The van der Waals surface area contributed by atoms with Crippen molar-refractivity contribution in [3.05, 3.63) is 71.0 Å². The van der Waals surface area contributed by atoms with Gasteiger partial charge in [-0.15, -0.1) is 0 Å². The predicted molar refractivity (Wildman–Crippen MR) is 95.2 cm³/mol. The summed E-state index contributed by atoms with van der Waals surface area (Å²) in [6.45, 7) is 1.81. The normalized spacial score (nSPS) is 10.9. The second-order valence-electron chi connectivity index (χ2n) is 5.26. The third-order valence-corrected chi connectivity index (χ3v) is 3.98. The van der Waals surface area contributed by atoms with Crippen LogP contribution in [0.4, 0.5) is 14.5 Å². The molecule has 0 saturated carbocycles. The highest BCUT2D eigenvalue weighted by Gasteiger charge is 2.09. The van der Waals surface area contributed by atoms with E-state index in [0.717, 1.165) is 18.0 Å².